The van der Waals surface area contributed by atoms with Crippen molar-refractivity contribution in [2.24, 2.45) is 12.8 Å². The minimum atomic E-state index is -0.148. The van der Waals surface area contributed by atoms with E-state index in [0.717, 1.165) is 24.0 Å². The highest BCUT2D eigenvalue weighted by molar-refractivity contribution is 6.29. The van der Waals surface area contributed by atoms with E-state index in [1.807, 2.05) is 17.8 Å². The van der Waals surface area contributed by atoms with Crippen molar-refractivity contribution in [1.29, 1.82) is 0 Å². The first-order valence-corrected chi connectivity index (χ1v) is 6.80. The molecule has 0 aliphatic heterocycles. The minimum Gasteiger partial charge on any atom is -0.346 e. The lowest BCUT2D eigenvalue weighted by Gasteiger charge is -2.08. The van der Waals surface area contributed by atoms with E-state index in [0.29, 0.717) is 16.5 Å². The van der Waals surface area contributed by atoms with Gasteiger partial charge in [-0.05, 0) is 36.1 Å². The molecule has 104 valence electrons. The number of aryl methyl sites for hydroxylation is 1. The van der Waals surface area contributed by atoms with Crippen molar-refractivity contribution in [3.63, 3.8) is 0 Å². The molecule has 0 bridgehead atoms. The number of hydrogen-bond donors (Lipinski definition) is 2. The van der Waals surface area contributed by atoms with Crippen molar-refractivity contribution in [2.75, 3.05) is 5.32 Å². The number of nitrogens with one attached hydrogen (secondary N) is 1. The number of fused-ring (bicyclic) bond motifs is 1. The molecule has 3 N–H and O–H groups in total. The molecule has 3 rings (SSSR count). The van der Waals surface area contributed by atoms with Gasteiger partial charge in [0, 0.05) is 31.2 Å². The maximum atomic E-state index is 12.4. The van der Waals surface area contributed by atoms with Gasteiger partial charge in [0.2, 0.25) is 0 Å². The van der Waals surface area contributed by atoms with Crippen LogP contribution in [0.1, 0.15) is 34.1 Å². The largest absolute Gasteiger partial charge is 0.346 e. The monoisotopic (exact) mass is 290 g/mol. The maximum Gasteiger partial charge on any atom is 0.272 e. The summed E-state index contributed by atoms with van der Waals surface area (Å²) in [5, 5.41) is 3.19. The molecule has 0 saturated heterocycles. The number of nitrogens with zero attached hydrogens (tertiary/aromatic N) is 2. The Labute approximate surface area is 121 Å². The number of hydrogen-bond acceptors (Lipinski definition) is 3. The number of carbonyl (C=O) groups is 1. The van der Waals surface area contributed by atoms with E-state index in [2.05, 4.69) is 10.3 Å². The number of nitrogens with two attached hydrogens (primary N) is 1. The predicted octanol–water partition coefficient (Wildman–Crippen LogP) is 2.27. The van der Waals surface area contributed by atoms with Crippen LogP contribution >= 0.6 is 11.6 Å². The zero-order valence-electron chi connectivity index (χ0n) is 11.1. The Kier molecular flexibility index (Phi) is 3.23. The molecule has 2 aromatic heterocycles. The molecule has 6 heteroatoms. The molecule has 0 spiro atoms. The lowest BCUT2D eigenvalue weighted by Crippen LogP contribution is -2.17. The molecule has 2 aromatic rings. The van der Waals surface area contributed by atoms with Crippen molar-refractivity contribution in [2.45, 2.75) is 18.9 Å². The third-order valence-corrected chi connectivity index (χ3v) is 3.83. The van der Waals surface area contributed by atoms with Crippen molar-refractivity contribution < 1.29 is 4.79 Å². The molecule has 1 aliphatic rings. The van der Waals surface area contributed by atoms with E-state index in [-0.39, 0.29) is 11.9 Å². The van der Waals surface area contributed by atoms with Gasteiger partial charge in [-0.15, -0.1) is 0 Å². The average Bonchev–Trinajstić information content (AvgIpc) is 2.89. The number of anilines is 1. The third kappa shape index (κ3) is 2.19. The molecule has 0 saturated carbocycles. The second-order valence-corrected chi connectivity index (χ2v) is 5.38. The molecule has 1 unspecified atom stereocenters. The van der Waals surface area contributed by atoms with Gasteiger partial charge < -0.3 is 15.6 Å². The van der Waals surface area contributed by atoms with Gasteiger partial charge in [-0.1, -0.05) is 11.6 Å². The van der Waals surface area contributed by atoms with E-state index < -0.39 is 0 Å². The lowest BCUT2D eigenvalue weighted by molar-refractivity contribution is 0.101. The van der Waals surface area contributed by atoms with E-state index in [1.54, 1.807) is 18.3 Å². The van der Waals surface area contributed by atoms with Crippen LogP contribution < -0.4 is 11.1 Å². The maximum absolute atomic E-state index is 12.4. The van der Waals surface area contributed by atoms with Gasteiger partial charge >= 0.3 is 0 Å². The van der Waals surface area contributed by atoms with Crippen LogP contribution in [-0.4, -0.2) is 15.5 Å². The van der Waals surface area contributed by atoms with Crippen LogP contribution in [-0.2, 0) is 13.5 Å². The Morgan fingerprint density at radius 1 is 1.60 bits per heavy atom. The van der Waals surface area contributed by atoms with E-state index in [4.69, 9.17) is 17.3 Å². The highest BCUT2D eigenvalue weighted by atomic mass is 35.5. The fourth-order valence-corrected chi connectivity index (χ4v) is 2.88. The molecule has 1 aliphatic carbocycles. The summed E-state index contributed by atoms with van der Waals surface area (Å²) in [6.07, 6.45) is 5.24. The van der Waals surface area contributed by atoms with E-state index >= 15 is 0 Å². The number of rotatable bonds is 2. The van der Waals surface area contributed by atoms with Crippen LogP contribution in [0.5, 0.6) is 0 Å². The lowest BCUT2D eigenvalue weighted by atomic mass is 10.1. The molecule has 0 radical (unpaired) electrons. The first-order chi connectivity index (χ1) is 9.56. The molecule has 5 nitrogen and oxygen atoms in total. The Morgan fingerprint density at radius 3 is 3.15 bits per heavy atom. The van der Waals surface area contributed by atoms with Crippen molar-refractivity contribution in [3.05, 3.63) is 46.5 Å². The van der Waals surface area contributed by atoms with Crippen LogP contribution in [0.25, 0.3) is 0 Å². The molecular weight excluding hydrogens is 276 g/mol. The molecule has 0 fully saturated rings. The number of amides is 1. The summed E-state index contributed by atoms with van der Waals surface area (Å²) in [5.41, 5.74) is 9.46. The van der Waals surface area contributed by atoms with Gasteiger partial charge in [-0.25, -0.2) is 4.98 Å². The zero-order valence-corrected chi connectivity index (χ0v) is 11.8. The van der Waals surface area contributed by atoms with Crippen LogP contribution in [0.4, 0.5) is 5.69 Å². The molecule has 20 heavy (non-hydrogen) atoms. The highest BCUT2D eigenvalue weighted by Gasteiger charge is 2.28. The van der Waals surface area contributed by atoms with Gasteiger partial charge in [-0.2, -0.15) is 0 Å². The summed E-state index contributed by atoms with van der Waals surface area (Å²) in [5.74, 6) is -0.148. The van der Waals surface area contributed by atoms with Crippen LogP contribution in [0.3, 0.4) is 0 Å². The first kappa shape index (κ1) is 13.1. The van der Waals surface area contributed by atoms with Gasteiger partial charge in [-0.3, -0.25) is 4.79 Å². The number of pyridine rings is 1. The van der Waals surface area contributed by atoms with Gasteiger partial charge in [0.25, 0.3) is 5.91 Å². The average molecular weight is 291 g/mol. The summed E-state index contributed by atoms with van der Waals surface area (Å²) in [6.45, 7) is 0. The number of aromatic nitrogens is 2. The summed E-state index contributed by atoms with van der Waals surface area (Å²) in [4.78, 5) is 16.3. The minimum absolute atomic E-state index is 0.0353. The second kappa shape index (κ2) is 4.92. The smallest absolute Gasteiger partial charge is 0.272 e. The van der Waals surface area contributed by atoms with Gasteiger partial charge in [0.15, 0.2) is 0 Å². The van der Waals surface area contributed by atoms with Gasteiger partial charge in [0.1, 0.15) is 10.8 Å². The number of carbonyl (C=O) groups excluding carboxylic acids is 1. The number of halogens is 1. The third-order valence-electron chi connectivity index (χ3n) is 3.62. The van der Waals surface area contributed by atoms with Crippen molar-refractivity contribution in [3.8, 4) is 0 Å². The Bertz CT molecular complexity index is 680. The molecule has 2 heterocycles. The summed E-state index contributed by atoms with van der Waals surface area (Å²) < 4.78 is 1.84. The predicted molar refractivity (Wildman–Crippen MR) is 77.9 cm³/mol. The Hall–Kier alpha value is -1.85. The van der Waals surface area contributed by atoms with E-state index in [9.17, 15) is 4.79 Å². The van der Waals surface area contributed by atoms with Crippen LogP contribution in [0, 0.1) is 0 Å². The van der Waals surface area contributed by atoms with Crippen LogP contribution in [0.15, 0.2) is 24.5 Å². The Balaban J connectivity index is 1.90. The topological polar surface area (TPSA) is 72.9 Å². The van der Waals surface area contributed by atoms with Crippen molar-refractivity contribution in [1.82, 2.24) is 9.55 Å². The summed E-state index contributed by atoms with van der Waals surface area (Å²) in [7, 11) is 1.86. The quantitative estimate of drug-likeness (QED) is 0.833. The normalized spacial score (nSPS) is 17.1. The van der Waals surface area contributed by atoms with Gasteiger partial charge in [0.05, 0.1) is 0 Å². The SMILES string of the molecule is Cn1cc2c(c1C(=O)Nc1ccnc(Cl)c1)CCC2N. The van der Waals surface area contributed by atoms with E-state index in [1.165, 1.54) is 0 Å². The van der Waals surface area contributed by atoms with Crippen molar-refractivity contribution >= 4 is 23.2 Å². The molecule has 1 atom stereocenters. The van der Waals surface area contributed by atoms with Crippen LogP contribution in [0.2, 0.25) is 5.15 Å². The Morgan fingerprint density at radius 2 is 2.40 bits per heavy atom. The second-order valence-electron chi connectivity index (χ2n) is 4.99. The first-order valence-electron chi connectivity index (χ1n) is 6.43. The zero-order chi connectivity index (χ0) is 14.3. The standard InChI is InChI=1S/C14H15ClN4O/c1-19-7-10-9(2-3-11(10)16)13(19)14(20)18-8-4-5-17-12(15)6-8/h4-7,11H,2-3,16H2,1H3,(H,17,18,20). The summed E-state index contributed by atoms with van der Waals surface area (Å²) in [6, 6.07) is 3.36. The fourth-order valence-electron chi connectivity index (χ4n) is 2.71. The molecule has 0 aromatic carbocycles. The molecular formula is C14H15ClN4O. The summed E-state index contributed by atoms with van der Waals surface area (Å²) >= 11 is 5.81. The fraction of sp³-hybridized carbons (Fsp3) is 0.286. The highest BCUT2D eigenvalue weighted by Crippen LogP contribution is 2.33. The molecule has 1 amide bonds.